The molecule has 1 unspecified atom stereocenters. The first-order valence-electron chi connectivity index (χ1n) is 9.38. The minimum absolute atomic E-state index is 0.0442. The van der Waals surface area contributed by atoms with Crippen molar-refractivity contribution < 1.29 is 22.4 Å². The Morgan fingerprint density at radius 1 is 1.19 bits per heavy atom. The summed E-state index contributed by atoms with van der Waals surface area (Å²) in [5, 5.41) is 4.56. The van der Waals surface area contributed by atoms with Crippen molar-refractivity contribution in [3.8, 4) is 11.3 Å². The Balaban J connectivity index is 1.48. The summed E-state index contributed by atoms with van der Waals surface area (Å²) in [6.07, 6.45) is -2.62. The van der Waals surface area contributed by atoms with Crippen LogP contribution < -0.4 is 5.32 Å². The molecule has 1 amide bonds. The number of thiazole rings is 1. The number of alkyl halides is 3. The molecule has 2 aromatic carbocycles. The van der Waals surface area contributed by atoms with Crippen LogP contribution in [0.3, 0.4) is 0 Å². The van der Waals surface area contributed by atoms with Gasteiger partial charge in [-0.3, -0.25) is 9.20 Å². The Morgan fingerprint density at radius 3 is 2.65 bits per heavy atom. The van der Waals surface area contributed by atoms with Crippen LogP contribution in [0, 0.1) is 5.82 Å². The third-order valence-corrected chi connectivity index (χ3v) is 5.75. The highest BCUT2D eigenvalue weighted by Gasteiger charge is 2.30. The number of rotatable bonds is 5. The molecule has 1 atom stereocenters. The van der Waals surface area contributed by atoms with Gasteiger partial charge in [0.15, 0.2) is 4.96 Å². The molecule has 31 heavy (non-hydrogen) atoms. The van der Waals surface area contributed by atoms with E-state index in [-0.39, 0.29) is 18.1 Å². The van der Waals surface area contributed by atoms with E-state index in [1.54, 1.807) is 35.7 Å². The van der Waals surface area contributed by atoms with Crippen LogP contribution in [0.25, 0.3) is 16.2 Å². The monoisotopic (exact) mass is 447 g/mol. The van der Waals surface area contributed by atoms with E-state index < -0.39 is 17.8 Å². The highest BCUT2D eigenvalue weighted by Crippen LogP contribution is 2.31. The molecule has 0 saturated heterocycles. The van der Waals surface area contributed by atoms with Crippen molar-refractivity contribution in [3.05, 3.63) is 82.7 Å². The van der Waals surface area contributed by atoms with Gasteiger partial charge in [0, 0.05) is 22.8 Å². The molecule has 4 rings (SSSR count). The lowest BCUT2D eigenvalue weighted by atomic mass is 10.0. The largest absolute Gasteiger partial charge is 0.416 e. The van der Waals surface area contributed by atoms with Crippen LogP contribution in [0.4, 0.5) is 17.6 Å². The first kappa shape index (κ1) is 21.0. The second-order valence-electron chi connectivity index (χ2n) is 7.10. The Labute approximate surface area is 179 Å². The predicted molar refractivity (Wildman–Crippen MR) is 110 cm³/mol. The van der Waals surface area contributed by atoms with E-state index in [4.69, 9.17) is 0 Å². The highest BCUT2D eigenvalue weighted by molar-refractivity contribution is 7.15. The van der Waals surface area contributed by atoms with Crippen LogP contribution in [0.15, 0.2) is 60.1 Å². The van der Waals surface area contributed by atoms with Gasteiger partial charge in [0.1, 0.15) is 5.82 Å². The van der Waals surface area contributed by atoms with Gasteiger partial charge in [0.2, 0.25) is 5.91 Å². The summed E-state index contributed by atoms with van der Waals surface area (Å²) in [7, 11) is 0. The van der Waals surface area contributed by atoms with Crippen molar-refractivity contribution in [2.45, 2.75) is 25.6 Å². The fourth-order valence-corrected chi connectivity index (χ4v) is 4.11. The summed E-state index contributed by atoms with van der Waals surface area (Å²) in [5.41, 5.74) is 1.74. The zero-order valence-corrected chi connectivity index (χ0v) is 17.1. The summed E-state index contributed by atoms with van der Waals surface area (Å²) in [6.45, 7) is 1.64. The van der Waals surface area contributed by atoms with Crippen LogP contribution in [0.1, 0.15) is 29.8 Å². The summed E-state index contributed by atoms with van der Waals surface area (Å²) >= 11 is 1.37. The second kappa shape index (κ2) is 8.14. The zero-order chi connectivity index (χ0) is 22.2. The van der Waals surface area contributed by atoms with Gasteiger partial charge < -0.3 is 5.32 Å². The lowest BCUT2D eigenvalue weighted by Crippen LogP contribution is -2.28. The number of hydrogen-bond donors (Lipinski definition) is 1. The SMILES string of the molecule is CC(NC(=O)Cc1csc2nc(-c3ccc(F)cc3)cn12)c1cccc(C(F)(F)F)c1. The third-order valence-electron chi connectivity index (χ3n) is 4.86. The number of fused-ring (bicyclic) bond motifs is 1. The van der Waals surface area contributed by atoms with E-state index >= 15 is 0 Å². The molecule has 2 aromatic heterocycles. The number of imidazole rings is 1. The minimum atomic E-state index is -4.44. The Kier molecular flexibility index (Phi) is 5.53. The summed E-state index contributed by atoms with van der Waals surface area (Å²) in [6, 6.07) is 10.3. The fourth-order valence-electron chi connectivity index (χ4n) is 3.24. The van der Waals surface area contributed by atoms with Crippen molar-refractivity contribution in [1.29, 1.82) is 0 Å². The number of aromatic nitrogens is 2. The van der Waals surface area contributed by atoms with Crippen LogP contribution in [-0.4, -0.2) is 15.3 Å². The predicted octanol–water partition coefficient (Wildman–Crippen LogP) is 5.64. The van der Waals surface area contributed by atoms with E-state index in [1.807, 2.05) is 5.38 Å². The molecular formula is C22H17F4N3OS. The topological polar surface area (TPSA) is 46.4 Å². The van der Waals surface area contributed by atoms with Gasteiger partial charge in [-0.15, -0.1) is 11.3 Å². The molecule has 0 radical (unpaired) electrons. The molecule has 0 bridgehead atoms. The Morgan fingerprint density at radius 2 is 1.94 bits per heavy atom. The maximum Gasteiger partial charge on any atom is 0.416 e. The van der Waals surface area contributed by atoms with Crippen molar-refractivity contribution in [2.75, 3.05) is 0 Å². The molecule has 160 valence electrons. The zero-order valence-electron chi connectivity index (χ0n) is 16.3. The van der Waals surface area contributed by atoms with Gasteiger partial charge >= 0.3 is 6.18 Å². The maximum atomic E-state index is 13.1. The minimum Gasteiger partial charge on any atom is -0.349 e. The number of halogens is 4. The average molecular weight is 447 g/mol. The summed E-state index contributed by atoms with van der Waals surface area (Å²) < 4.78 is 53.7. The van der Waals surface area contributed by atoms with Crippen molar-refractivity contribution >= 4 is 22.2 Å². The van der Waals surface area contributed by atoms with Crippen molar-refractivity contribution in [3.63, 3.8) is 0 Å². The van der Waals surface area contributed by atoms with Gasteiger partial charge in [-0.2, -0.15) is 13.2 Å². The van der Waals surface area contributed by atoms with E-state index in [1.165, 1.54) is 29.5 Å². The quantitative estimate of drug-likeness (QED) is 0.403. The number of hydrogen-bond acceptors (Lipinski definition) is 3. The molecular weight excluding hydrogens is 430 g/mol. The molecule has 4 aromatic rings. The smallest absolute Gasteiger partial charge is 0.349 e. The molecule has 9 heteroatoms. The van der Waals surface area contributed by atoms with Crippen LogP contribution in [0.5, 0.6) is 0 Å². The van der Waals surface area contributed by atoms with E-state index in [0.29, 0.717) is 21.9 Å². The molecule has 4 nitrogen and oxygen atoms in total. The maximum absolute atomic E-state index is 13.1. The van der Waals surface area contributed by atoms with Crippen molar-refractivity contribution in [2.24, 2.45) is 0 Å². The standard InChI is InChI=1S/C22H17F4N3OS/c1-13(15-3-2-4-16(9-15)22(24,25)26)27-20(30)10-18-12-31-21-28-19(11-29(18)21)14-5-7-17(23)8-6-14/h2-9,11-13H,10H2,1H3,(H,27,30). The Hall–Kier alpha value is -3.20. The van der Waals surface area contributed by atoms with Gasteiger partial charge in [-0.05, 0) is 48.9 Å². The average Bonchev–Trinajstić information content (AvgIpc) is 3.30. The number of nitrogens with one attached hydrogen (secondary N) is 1. The van der Waals surface area contributed by atoms with Crippen LogP contribution >= 0.6 is 11.3 Å². The van der Waals surface area contributed by atoms with Crippen LogP contribution in [-0.2, 0) is 17.4 Å². The van der Waals surface area contributed by atoms with E-state index in [2.05, 4.69) is 10.3 Å². The highest BCUT2D eigenvalue weighted by atomic mass is 32.1. The van der Waals surface area contributed by atoms with Crippen LogP contribution in [0.2, 0.25) is 0 Å². The van der Waals surface area contributed by atoms with Gasteiger partial charge in [0.05, 0.1) is 23.7 Å². The molecule has 1 N–H and O–H groups in total. The number of benzene rings is 2. The van der Waals surface area contributed by atoms with E-state index in [0.717, 1.165) is 17.7 Å². The molecule has 0 aliphatic heterocycles. The summed E-state index contributed by atoms with van der Waals surface area (Å²) in [5.74, 6) is -0.654. The molecule has 0 spiro atoms. The first-order valence-corrected chi connectivity index (χ1v) is 10.3. The van der Waals surface area contributed by atoms with Gasteiger partial charge in [0.25, 0.3) is 0 Å². The normalized spacial score (nSPS) is 12.8. The Bertz CT molecular complexity index is 1230. The molecule has 0 aliphatic rings. The molecule has 0 aliphatic carbocycles. The van der Waals surface area contributed by atoms with Crippen molar-refractivity contribution in [1.82, 2.24) is 14.7 Å². The number of carbonyl (C=O) groups is 1. The number of carbonyl (C=O) groups excluding carboxylic acids is 1. The lowest BCUT2D eigenvalue weighted by Gasteiger charge is -2.16. The third kappa shape index (κ3) is 4.61. The second-order valence-corrected chi connectivity index (χ2v) is 7.94. The fraction of sp³-hybridized carbons (Fsp3) is 0.182. The molecule has 0 saturated carbocycles. The number of nitrogens with zero attached hydrogens (tertiary/aromatic N) is 2. The number of amides is 1. The summed E-state index contributed by atoms with van der Waals surface area (Å²) in [4.78, 5) is 17.7. The van der Waals surface area contributed by atoms with Gasteiger partial charge in [-0.1, -0.05) is 12.1 Å². The first-order chi connectivity index (χ1) is 14.7. The van der Waals surface area contributed by atoms with Gasteiger partial charge in [-0.25, -0.2) is 9.37 Å². The van der Waals surface area contributed by atoms with E-state index in [9.17, 15) is 22.4 Å². The lowest BCUT2D eigenvalue weighted by molar-refractivity contribution is -0.137. The molecule has 0 fully saturated rings. The molecule has 2 heterocycles.